The molecule has 6 nitrogen and oxygen atoms in total. The molecule has 0 unspecified atom stereocenters. The molecule has 7 heteroatoms. The Balaban J connectivity index is 1.80. The summed E-state index contributed by atoms with van der Waals surface area (Å²) in [6, 6.07) is 3.87. The number of aryl methyl sites for hydroxylation is 1. The second-order valence-electron chi connectivity index (χ2n) is 5.10. The Labute approximate surface area is 133 Å². The molecule has 0 fully saturated rings. The number of rotatable bonds is 3. The van der Waals surface area contributed by atoms with Gasteiger partial charge in [0.25, 0.3) is 0 Å². The number of hydrogen-bond acceptors (Lipinski definition) is 5. The number of fused-ring (bicyclic) bond motifs is 1. The molecule has 2 aromatic heterocycles. The molecule has 116 valence electrons. The number of pyridine rings is 1. The van der Waals surface area contributed by atoms with Gasteiger partial charge in [-0.2, -0.15) is 0 Å². The van der Waals surface area contributed by atoms with E-state index in [9.17, 15) is 4.79 Å². The number of nitrogens with zero attached hydrogens (tertiary/aromatic N) is 3. The van der Waals surface area contributed by atoms with Crippen molar-refractivity contribution in [2.24, 2.45) is 0 Å². The number of carbonyl (C=O) groups is 1. The highest BCUT2D eigenvalue weighted by Crippen LogP contribution is 2.31. The van der Waals surface area contributed by atoms with Gasteiger partial charge in [0.05, 0.1) is 12.2 Å². The number of thiazole rings is 1. The summed E-state index contributed by atoms with van der Waals surface area (Å²) in [5.74, 6) is 1.06. The van der Waals surface area contributed by atoms with Crippen LogP contribution in [0.1, 0.15) is 23.1 Å². The molecule has 2 aromatic rings. The van der Waals surface area contributed by atoms with E-state index in [-0.39, 0.29) is 6.03 Å². The molecule has 1 aliphatic heterocycles. The third-order valence-corrected chi connectivity index (χ3v) is 4.72. The number of carbonyl (C=O) groups excluding carboxylic acids is 1. The topological polar surface area (TPSA) is 70.2 Å². The van der Waals surface area contributed by atoms with Crippen LogP contribution in [0.25, 0.3) is 0 Å². The summed E-state index contributed by atoms with van der Waals surface area (Å²) in [5, 5.41) is 5.94. The summed E-state index contributed by atoms with van der Waals surface area (Å²) in [6.45, 7) is 3.85. The fourth-order valence-electron chi connectivity index (χ4n) is 2.58. The summed E-state index contributed by atoms with van der Waals surface area (Å²) in [5.41, 5.74) is 2.35. The molecule has 1 aliphatic rings. The molecule has 0 atom stereocenters. The lowest BCUT2D eigenvalue weighted by Crippen LogP contribution is -2.31. The summed E-state index contributed by atoms with van der Waals surface area (Å²) >= 11 is 1.54. The van der Waals surface area contributed by atoms with Crippen molar-refractivity contribution in [1.29, 1.82) is 0 Å². The molecule has 2 N–H and O–H groups in total. The highest BCUT2D eigenvalue weighted by molar-refractivity contribution is 7.15. The Hall–Kier alpha value is -2.15. The third-order valence-electron chi connectivity index (χ3n) is 3.73. The van der Waals surface area contributed by atoms with Gasteiger partial charge in [-0.3, -0.25) is 5.32 Å². The fraction of sp³-hybridized carbons (Fsp3) is 0.400. The van der Waals surface area contributed by atoms with E-state index in [0.717, 1.165) is 37.4 Å². The average molecular weight is 317 g/mol. The third kappa shape index (κ3) is 2.89. The SMILES string of the molecule is CCc1cccnc1N1CCc2nc(NC(=O)NC)sc2C1. The van der Waals surface area contributed by atoms with Gasteiger partial charge < -0.3 is 10.2 Å². The predicted octanol–water partition coefficient (Wildman–Crippen LogP) is 2.41. The van der Waals surface area contributed by atoms with Gasteiger partial charge in [0.1, 0.15) is 5.82 Å². The van der Waals surface area contributed by atoms with Gasteiger partial charge in [-0.25, -0.2) is 14.8 Å². The Morgan fingerprint density at radius 3 is 3.14 bits per heavy atom. The van der Waals surface area contributed by atoms with Crippen LogP contribution in [-0.4, -0.2) is 29.6 Å². The van der Waals surface area contributed by atoms with Crippen LogP contribution >= 0.6 is 11.3 Å². The summed E-state index contributed by atoms with van der Waals surface area (Å²) < 4.78 is 0. The highest BCUT2D eigenvalue weighted by Gasteiger charge is 2.23. The Kier molecular flexibility index (Phi) is 4.24. The molecule has 0 saturated heterocycles. The fourth-order valence-corrected chi connectivity index (χ4v) is 3.60. The van der Waals surface area contributed by atoms with Gasteiger partial charge in [-0.1, -0.05) is 24.3 Å². The minimum Gasteiger partial charge on any atom is -0.351 e. The quantitative estimate of drug-likeness (QED) is 0.912. The van der Waals surface area contributed by atoms with Gasteiger partial charge >= 0.3 is 6.03 Å². The van der Waals surface area contributed by atoms with E-state index < -0.39 is 0 Å². The first-order valence-electron chi connectivity index (χ1n) is 7.37. The van der Waals surface area contributed by atoms with Crippen molar-refractivity contribution >= 4 is 28.3 Å². The first-order chi connectivity index (χ1) is 10.7. The number of nitrogens with one attached hydrogen (secondary N) is 2. The van der Waals surface area contributed by atoms with Crippen molar-refractivity contribution in [3.05, 3.63) is 34.5 Å². The molecule has 0 spiro atoms. The monoisotopic (exact) mass is 317 g/mol. The molecule has 0 aliphatic carbocycles. The zero-order chi connectivity index (χ0) is 15.5. The highest BCUT2D eigenvalue weighted by atomic mass is 32.1. The standard InChI is InChI=1S/C15H19N5OS/c1-3-10-5-4-7-17-13(10)20-8-6-11-12(9-20)22-15(18-11)19-14(21)16-2/h4-5,7H,3,6,8-9H2,1-2H3,(H2,16,18,19,21). The Morgan fingerprint density at radius 1 is 1.50 bits per heavy atom. The molecule has 3 rings (SSSR count). The maximum Gasteiger partial charge on any atom is 0.320 e. The number of anilines is 2. The van der Waals surface area contributed by atoms with Gasteiger partial charge in [0.15, 0.2) is 5.13 Å². The van der Waals surface area contributed by atoms with Crippen LogP contribution in [0.15, 0.2) is 18.3 Å². The number of hydrogen-bond donors (Lipinski definition) is 2. The van der Waals surface area contributed by atoms with Crippen LogP contribution in [0.5, 0.6) is 0 Å². The van der Waals surface area contributed by atoms with E-state index in [1.807, 2.05) is 12.3 Å². The number of aromatic nitrogens is 2. The molecule has 2 amide bonds. The van der Waals surface area contributed by atoms with Crippen molar-refractivity contribution in [3.63, 3.8) is 0 Å². The number of urea groups is 1. The van der Waals surface area contributed by atoms with E-state index in [0.29, 0.717) is 5.13 Å². The molecule has 0 aromatic carbocycles. The first-order valence-corrected chi connectivity index (χ1v) is 8.19. The van der Waals surface area contributed by atoms with Crippen LogP contribution in [-0.2, 0) is 19.4 Å². The lowest BCUT2D eigenvalue weighted by atomic mass is 10.1. The molecule has 0 saturated carbocycles. The van der Waals surface area contributed by atoms with Crippen molar-refractivity contribution in [2.75, 3.05) is 23.8 Å². The van der Waals surface area contributed by atoms with Crippen molar-refractivity contribution in [2.45, 2.75) is 26.3 Å². The lowest BCUT2D eigenvalue weighted by Gasteiger charge is -2.28. The maximum atomic E-state index is 11.4. The summed E-state index contributed by atoms with van der Waals surface area (Å²) in [7, 11) is 1.60. The molecule has 0 bridgehead atoms. The molecule has 3 heterocycles. The minimum atomic E-state index is -0.235. The molecule has 0 radical (unpaired) electrons. The maximum absolute atomic E-state index is 11.4. The van der Waals surface area contributed by atoms with Crippen LogP contribution < -0.4 is 15.5 Å². The van der Waals surface area contributed by atoms with E-state index in [1.165, 1.54) is 21.8 Å². The van der Waals surface area contributed by atoms with Gasteiger partial charge in [-0.15, -0.1) is 0 Å². The molecular weight excluding hydrogens is 298 g/mol. The van der Waals surface area contributed by atoms with E-state index >= 15 is 0 Å². The van der Waals surface area contributed by atoms with Crippen LogP contribution in [0, 0.1) is 0 Å². The number of amides is 2. The van der Waals surface area contributed by atoms with Gasteiger partial charge in [-0.05, 0) is 18.1 Å². The Bertz CT molecular complexity index is 684. The minimum absolute atomic E-state index is 0.235. The zero-order valence-electron chi connectivity index (χ0n) is 12.7. The smallest absolute Gasteiger partial charge is 0.320 e. The average Bonchev–Trinajstić information content (AvgIpc) is 2.95. The molecular formula is C15H19N5OS. The Morgan fingerprint density at radius 2 is 2.36 bits per heavy atom. The lowest BCUT2D eigenvalue weighted by molar-refractivity contribution is 0.254. The largest absolute Gasteiger partial charge is 0.351 e. The predicted molar refractivity (Wildman–Crippen MR) is 88.6 cm³/mol. The second-order valence-corrected chi connectivity index (χ2v) is 6.19. The second kappa shape index (κ2) is 6.31. The van der Waals surface area contributed by atoms with Gasteiger partial charge in [0, 0.05) is 31.1 Å². The van der Waals surface area contributed by atoms with Crippen molar-refractivity contribution < 1.29 is 4.79 Å². The van der Waals surface area contributed by atoms with Crippen LogP contribution in [0.2, 0.25) is 0 Å². The van der Waals surface area contributed by atoms with Crippen molar-refractivity contribution in [3.8, 4) is 0 Å². The normalized spacial score (nSPS) is 13.6. The van der Waals surface area contributed by atoms with Crippen LogP contribution in [0.3, 0.4) is 0 Å². The van der Waals surface area contributed by atoms with E-state index in [1.54, 1.807) is 7.05 Å². The zero-order valence-corrected chi connectivity index (χ0v) is 13.5. The van der Waals surface area contributed by atoms with Crippen LogP contribution in [0.4, 0.5) is 15.7 Å². The van der Waals surface area contributed by atoms with E-state index in [4.69, 9.17) is 0 Å². The first kappa shape index (κ1) is 14.8. The molecule has 22 heavy (non-hydrogen) atoms. The van der Waals surface area contributed by atoms with Gasteiger partial charge in [0.2, 0.25) is 0 Å². The summed E-state index contributed by atoms with van der Waals surface area (Å²) in [6.07, 6.45) is 3.69. The van der Waals surface area contributed by atoms with E-state index in [2.05, 4.69) is 38.5 Å². The van der Waals surface area contributed by atoms with Crippen molar-refractivity contribution in [1.82, 2.24) is 15.3 Å². The summed E-state index contributed by atoms with van der Waals surface area (Å²) in [4.78, 5) is 23.9.